The summed E-state index contributed by atoms with van der Waals surface area (Å²) >= 11 is 0. The van der Waals surface area contributed by atoms with Crippen molar-refractivity contribution in [2.24, 2.45) is 22.2 Å². The van der Waals surface area contributed by atoms with E-state index in [4.69, 9.17) is 0 Å². The molecule has 1 aromatic heterocycles. The Bertz CT molecular complexity index is 1270. The normalized spacial score (nSPS) is 44.0. The maximum atomic E-state index is 11.2. The summed E-state index contributed by atoms with van der Waals surface area (Å²) in [5.74, 6) is 1.25. The average molecular weight is 471 g/mol. The number of allylic oxidation sites excluding steroid dienone is 3. The van der Waals surface area contributed by atoms with E-state index in [0.29, 0.717) is 11.8 Å². The molecule has 0 saturated heterocycles. The second-order valence-electron chi connectivity index (χ2n) is 12.9. The highest BCUT2D eigenvalue weighted by Gasteiger charge is 2.66. The number of nitrogens with zero attached hydrogens (tertiary/aromatic N) is 2. The van der Waals surface area contributed by atoms with Crippen molar-refractivity contribution in [1.82, 2.24) is 9.88 Å². The minimum Gasteiger partial charge on any atom is -0.388 e. The van der Waals surface area contributed by atoms with Crippen molar-refractivity contribution in [2.45, 2.75) is 76.0 Å². The van der Waals surface area contributed by atoms with Gasteiger partial charge in [-0.25, -0.2) is 0 Å². The lowest BCUT2D eigenvalue weighted by Gasteiger charge is -2.56. The van der Waals surface area contributed by atoms with E-state index in [1.807, 2.05) is 26.5 Å². The minimum atomic E-state index is -0.745. The van der Waals surface area contributed by atoms with Gasteiger partial charge < -0.3 is 15.1 Å². The maximum absolute atomic E-state index is 11.2. The van der Waals surface area contributed by atoms with Crippen LogP contribution in [0.25, 0.3) is 10.8 Å². The molecule has 5 aliphatic rings. The Morgan fingerprint density at radius 3 is 2.74 bits per heavy atom. The Balaban J connectivity index is 1.29. The van der Waals surface area contributed by atoms with E-state index in [1.165, 1.54) is 41.2 Å². The van der Waals surface area contributed by atoms with Gasteiger partial charge >= 0.3 is 0 Å². The van der Waals surface area contributed by atoms with E-state index in [9.17, 15) is 10.2 Å². The molecule has 7 rings (SSSR count). The first kappa shape index (κ1) is 22.2. The molecule has 8 atom stereocenters. The van der Waals surface area contributed by atoms with Gasteiger partial charge in [0.25, 0.3) is 0 Å². The Labute approximate surface area is 208 Å². The third kappa shape index (κ3) is 2.82. The Morgan fingerprint density at radius 1 is 1.06 bits per heavy atom. The maximum Gasteiger partial charge on any atom is 0.103 e. The predicted molar refractivity (Wildman–Crippen MR) is 139 cm³/mol. The molecule has 3 saturated carbocycles. The van der Waals surface area contributed by atoms with E-state index < -0.39 is 12.2 Å². The quantitative estimate of drug-likeness (QED) is 0.632. The fourth-order valence-electron chi connectivity index (χ4n) is 9.68. The molecule has 1 aromatic carbocycles. The van der Waals surface area contributed by atoms with Crippen molar-refractivity contribution < 1.29 is 10.2 Å². The van der Waals surface area contributed by atoms with Crippen LogP contribution in [0.1, 0.15) is 63.4 Å². The van der Waals surface area contributed by atoms with Gasteiger partial charge in [-0.3, -0.25) is 4.98 Å². The molecule has 2 aromatic rings. The summed E-state index contributed by atoms with van der Waals surface area (Å²) in [6, 6.07) is 9.19. The first-order valence-electron chi connectivity index (χ1n) is 13.6. The molecule has 3 fully saturated rings. The molecule has 4 heteroatoms. The molecule has 4 nitrogen and oxygen atoms in total. The molecule has 2 N–H and O–H groups in total. The molecule has 0 radical (unpaired) electrons. The summed E-state index contributed by atoms with van der Waals surface area (Å²) < 4.78 is 0. The number of pyridine rings is 1. The molecule has 2 bridgehead atoms. The summed E-state index contributed by atoms with van der Waals surface area (Å²) in [5, 5.41) is 24.7. The highest BCUT2D eigenvalue weighted by atomic mass is 16.3. The number of benzene rings is 1. The van der Waals surface area contributed by atoms with Gasteiger partial charge in [0, 0.05) is 23.8 Å². The van der Waals surface area contributed by atoms with Crippen LogP contribution in [0.4, 0.5) is 0 Å². The summed E-state index contributed by atoms with van der Waals surface area (Å²) in [5.41, 5.74) is 4.62. The fourth-order valence-corrected chi connectivity index (χ4v) is 9.68. The zero-order valence-electron chi connectivity index (χ0n) is 21.2. The number of rotatable bonds is 2. The van der Waals surface area contributed by atoms with E-state index in [1.54, 1.807) is 0 Å². The molecule has 2 spiro atoms. The highest BCUT2D eigenvalue weighted by Crippen LogP contribution is 2.75. The Kier molecular flexibility index (Phi) is 4.62. The van der Waals surface area contributed by atoms with E-state index >= 15 is 0 Å². The third-order valence-electron chi connectivity index (χ3n) is 11.3. The standard InChI is InChI=1S/C31H38N2O2/c1-29-10-8-22-15-24-27(34)28(35)25(33(2)3)16-30(24)11-12-31(22,18-30)26(29)7-6-23(29)20-4-5-21-17-32-13-9-19(21)14-20/h4-5,8-9,13-15,17,23,25-28,34-35H,6-7,10-12,16,18H2,1-3H3/t23-,25+,26-,27-,28-,29-,30+,31-/m1/s1. The number of hydrogen-bond donors (Lipinski definition) is 2. The Morgan fingerprint density at radius 2 is 1.91 bits per heavy atom. The molecule has 0 aliphatic heterocycles. The summed E-state index contributed by atoms with van der Waals surface area (Å²) in [6.45, 7) is 2.57. The van der Waals surface area contributed by atoms with Crippen LogP contribution in [0.15, 0.2) is 60.0 Å². The van der Waals surface area contributed by atoms with Gasteiger partial charge in [0.1, 0.15) is 6.10 Å². The van der Waals surface area contributed by atoms with Gasteiger partial charge in [-0.15, -0.1) is 0 Å². The van der Waals surface area contributed by atoms with Crippen LogP contribution < -0.4 is 0 Å². The van der Waals surface area contributed by atoms with Gasteiger partial charge in [0.05, 0.1) is 6.10 Å². The molecule has 0 amide bonds. The largest absolute Gasteiger partial charge is 0.388 e. The first-order chi connectivity index (χ1) is 16.8. The van der Waals surface area contributed by atoms with Crippen molar-refractivity contribution in [3.63, 3.8) is 0 Å². The van der Waals surface area contributed by atoms with Crippen molar-refractivity contribution in [1.29, 1.82) is 0 Å². The third-order valence-corrected chi connectivity index (χ3v) is 11.3. The van der Waals surface area contributed by atoms with Crippen LogP contribution in [0, 0.1) is 22.2 Å². The molecule has 0 unspecified atom stereocenters. The molecular formula is C31H38N2O2. The number of aliphatic hydroxyl groups excluding tert-OH is 2. The predicted octanol–water partition coefficient (Wildman–Crippen LogP) is 5.22. The van der Waals surface area contributed by atoms with Gasteiger partial charge in [0.2, 0.25) is 0 Å². The van der Waals surface area contributed by atoms with Crippen molar-refractivity contribution in [3.8, 4) is 0 Å². The fraction of sp³-hybridized carbons (Fsp3) is 0.581. The zero-order valence-corrected chi connectivity index (χ0v) is 21.2. The van der Waals surface area contributed by atoms with Gasteiger partial charge in [-0.05, 0) is 115 Å². The molecule has 35 heavy (non-hydrogen) atoms. The second kappa shape index (κ2) is 7.27. The van der Waals surface area contributed by atoms with Crippen LogP contribution in [-0.2, 0) is 0 Å². The second-order valence-corrected chi connectivity index (χ2v) is 12.9. The van der Waals surface area contributed by atoms with Crippen LogP contribution in [0.2, 0.25) is 0 Å². The number of fused-ring (bicyclic) bond motifs is 2. The van der Waals surface area contributed by atoms with Crippen molar-refractivity contribution in [2.75, 3.05) is 14.1 Å². The highest BCUT2D eigenvalue weighted by molar-refractivity contribution is 5.82. The molecule has 5 aliphatic carbocycles. The summed E-state index contributed by atoms with van der Waals surface area (Å²) in [4.78, 5) is 6.42. The lowest BCUT2D eigenvalue weighted by molar-refractivity contribution is -0.0639. The molecule has 184 valence electrons. The number of likely N-dealkylation sites (N-methyl/N-ethyl adjacent to an activating group) is 1. The Hall–Kier alpha value is -2.01. The summed E-state index contributed by atoms with van der Waals surface area (Å²) in [6.07, 6.45) is 15.4. The lowest BCUT2D eigenvalue weighted by atomic mass is 9.49. The lowest BCUT2D eigenvalue weighted by Crippen LogP contribution is -2.57. The van der Waals surface area contributed by atoms with Crippen molar-refractivity contribution in [3.05, 3.63) is 65.5 Å². The molecular weight excluding hydrogens is 432 g/mol. The van der Waals surface area contributed by atoms with Crippen LogP contribution in [0.3, 0.4) is 0 Å². The van der Waals surface area contributed by atoms with E-state index in [2.05, 4.69) is 53.2 Å². The van der Waals surface area contributed by atoms with Gasteiger partial charge in [-0.2, -0.15) is 0 Å². The van der Waals surface area contributed by atoms with Crippen LogP contribution in [0.5, 0.6) is 0 Å². The number of hydrogen-bond acceptors (Lipinski definition) is 4. The zero-order chi connectivity index (χ0) is 24.2. The number of aromatic nitrogens is 1. The first-order valence-corrected chi connectivity index (χ1v) is 13.6. The molecule has 1 heterocycles. The van der Waals surface area contributed by atoms with Crippen LogP contribution in [-0.4, -0.2) is 52.4 Å². The topological polar surface area (TPSA) is 56.6 Å². The number of aliphatic hydroxyl groups is 2. The van der Waals surface area contributed by atoms with Gasteiger partial charge in [0.15, 0.2) is 0 Å². The van der Waals surface area contributed by atoms with Crippen molar-refractivity contribution >= 4 is 10.8 Å². The van der Waals surface area contributed by atoms with E-state index in [0.717, 1.165) is 31.3 Å². The summed E-state index contributed by atoms with van der Waals surface area (Å²) in [7, 11) is 4.09. The monoisotopic (exact) mass is 470 g/mol. The minimum absolute atomic E-state index is 0.0150. The average Bonchev–Trinajstić information content (AvgIpc) is 3.37. The van der Waals surface area contributed by atoms with Gasteiger partial charge in [-0.1, -0.05) is 37.3 Å². The van der Waals surface area contributed by atoms with Crippen LogP contribution >= 0.6 is 0 Å². The smallest absolute Gasteiger partial charge is 0.103 e. The van der Waals surface area contributed by atoms with E-state index in [-0.39, 0.29) is 22.3 Å². The SMILES string of the molecule is CN(C)[C@H]1C[C@@]23CC[C@@]4(C2)C(=CC[C@]2(C)[C@@H](c5ccc6cnccc6c5)CC[C@@H]42)C=C3[C@@H](O)[C@@H]1O.